The number of hydrogen-bond acceptors (Lipinski definition) is 6. The quantitative estimate of drug-likeness (QED) is 0.488. The Hall–Kier alpha value is -2.45. The molecule has 0 unspecified atom stereocenters. The molecule has 2 rings (SSSR count). The van der Waals surface area contributed by atoms with Crippen LogP contribution in [0.3, 0.4) is 0 Å². The number of halogens is 1. The second-order valence-corrected chi connectivity index (χ2v) is 5.65. The number of carbonyl (C=O) groups excluding carboxylic acids is 2. The number of nitro benzene ring substituents is 1. The summed E-state index contributed by atoms with van der Waals surface area (Å²) in [5.41, 5.74) is 0.447. The summed E-state index contributed by atoms with van der Waals surface area (Å²) in [4.78, 5) is 33.5. The molecule has 9 heteroatoms. The Morgan fingerprint density at radius 1 is 1.35 bits per heavy atom. The molecule has 0 saturated heterocycles. The number of nitro groups is 1. The van der Waals surface area contributed by atoms with Crippen molar-refractivity contribution >= 4 is 46.2 Å². The van der Waals surface area contributed by atoms with Crippen LogP contribution in [0.15, 0.2) is 35.0 Å². The number of amides is 1. The van der Waals surface area contributed by atoms with E-state index in [2.05, 4.69) is 5.32 Å². The summed E-state index contributed by atoms with van der Waals surface area (Å²) < 4.78 is 4.83. The fourth-order valence-electron chi connectivity index (χ4n) is 1.70. The van der Waals surface area contributed by atoms with Gasteiger partial charge in [-0.3, -0.25) is 19.7 Å². The van der Waals surface area contributed by atoms with Crippen LogP contribution < -0.4 is 5.32 Å². The van der Waals surface area contributed by atoms with E-state index in [1.807, 2.05) is 5.38 Å². The van der Waals surface area contributed by atoms with Gasteiger partial charge in [0.2, 0.25) is 0 Å². The van der Waals surface area contributed by atoms with Crippen LogP contribution >= 0.6 is 22.9 Å². The fourth-order valence-corrected chi connectivity index (χ4v) is 2.54. The summed E-state index contributed by atoms with van der Waals surface area (Å²) in [6, 6.07) is 5.63. The standard InChI is InChI=1S/C14H11ClN2O5S/c15-10-1-2-11(12(6-10)17(20)21)16-13(18)7-22-14(19)5-9-3-4-23-8-9/h1-4,6,8H,5,7H2,(H,16,18). The largest absolute Gasteiger partial charge is 0.455 e. The average Bonchev–Trinajstić information content (AvgIpc) is 2.99. The second kappa shape index (κ2) is 7.70. The van der Waals surface area contributed by atoms with E-state index in [9.17, 15) is 19.7 Å². The fraction of sp³-hybridized carbons (Fsp3) is 0.143. The summed E-state index contributed by atoms with van der Waals surface area (Å²) in [6.45, 7) is -0.525. The van der Waals surface area contributed by atoms with Gasteiger partial charge >= 0.3 is 5.97 Å². The lowest BCUT2D eigenvalue weighted by molar-refractivity contribution is -0.383. The second-order valence-electron chi connectivity index (χ2n) is 4.44. The number of ether oxygens (including phenoxy) is 1. The molecule has 0 aliphatic carbocycles. The van der Waals surface area contributed by atoms with Crippen LogP contribution in [0.5, 0.6) is 0 Å². The molecule has 2 aromatic rings. The van der Waals surface area contributed by atoms with Crippen molar-refractivity contribution in [2.75, 3.05) is 11.9 Å². The Morgan fingerprint density at radius 3 is 2.78 bits per heavy atom. The molecule has 23 heavy (non-hydrogen) atoms. The van der Waals surface area contributed by atoms with E-state index in [4.69, 9.17) is 16.3 Å². The normalized spacial score (nSPS) is 10.1. The third-order valence-electron chi connectivity index (χ3n) is 2.72. The summed E-state index contributed by atoms with van der Waals surface area (Å²) in [7, 11) is 0. The highest BCUT2D eigenvalue weighted by atomic mass is 35.5. The Morgan fingerprint density at radius 2 is 2.13 bits per heavy atom. The number of benzene rings is 1. The minimum absolute atomic E-state index is 0.0155. The third-order valence-corrected chi connectivity index (χ3v) is 3.69. The Balaban J connectivity index is 1.90. The molecule has 1 heterocycles. The predicted octanol–water partition coefficient (Wildman–Crippen LogP) is 3.03. The molecule has 1 amide bonds. The number of nitrogens with one attached hydrogen (secondary N) is 1. The summed E-state index contributed by atoms with van der Waals surface area (Å²) in [5.74, 6) is -1.22. The van der Waals surface area contributed by atoms with Gasteiger partial charge in [0.15, 0.2) is 6.61 Å². The van der Waals surface area contributed by atoms with Crippen LogP contribution in [-0.4, -0.2) is 23.4 Å². The lowest BCUT2D eigenvalue weighted by Gasteiger charge is -2.07. The zero-order valence-corrected chi connectivity index (χ0v) is 13.2. The number of carbonyl (C=O) groups is 2. The van der Waals surface area contributed by atoms with Gasteiger partial charge in [-0.25, -0.2) is 0 Å². The molecule has 1 aromatic heterocycles. The van der Waals surface area contributed by atoms with Gasteiger partial charge in [-0.1, -0.05) is 11.6 Å². The van der Waals surface area contributed by atoms with Crippen LogP contribution in [0.4, 0.5) is 11.4 Å². The first-order valence-electron chi connectivity index (χ1n) is 6.36. The molecule has 1 N–H and O–H groups in total. The molecule has 0 atom stereocenters. The molecular weight excluding hydrogens is 344 g/mol. The SMILES string of the molecule is O=C(COC(=O)Cc1ccsc1)Nc1ccc(Cl)cc1[N+](=O)[O-]. The minimum Gasteiger partial charge on any atom is -0.455 e. The van der Waals surface area contributed by atoms with E-state index in [1.54, 1.807) is 11.4 Å². The smallest absolute Gasteiger partial charge is 0.310 e. The first kappa shape index (κ1) is 16.9. The van der Waals surface area contributed by atoms with Crippen molar-refractivity contribution < 1.29 is 19.2 Å². The Bertz CT molecular complexity index is 733. The molecule has 0 radical (unpaired) electrons. The molecule has 0 aliphatic rings. The van der Waals surface area contributed by atoms with Gasteiger partial charge in [0, 0.05) is 11.1 Å². The molecule has 7 nitrogen and oxygen atoms in total. The first-order chi connectivity index (χ1) is 11.0. The third kappa shape index (κ3) is 5.04. The molecule has 120 valence electrons. The van der Waals surface area contributed by atoms with E-state index < -0.39 is 23.4 Å². The number of thiophene rings is 1. The van der Waals surface area contributed by atoms with Crippen molar-refractivity contribution in [3.63, 3.8) is 0 Å². The van der Waals surface area contributed by atoms with Crippen LogP contribution in [0.25, 0.3) is 0 Å². The van der Waals surface area contributed by atoms with Crippen molar-refractivity contribution in [2.45, 2.75) is 6.42 Å². The van der Waals surface area contributed by atoms with Crippen LogP contribution in [0.2, 0.25) is 5.02 Å². The van der Waals surface area contributed by atoms with Gasteiger partial charge in [0.05, 0.1) is 11.3 Å². The van der Waals surface area contributed by atoms with Gasteiger partial charge in [-0.2, -0.15) is 11.3 Å². The molecule has 0 bridgehead atoms. The Kier molecular flexibility index (Phi) is 5.67. The molecule has 0 fully saturated rings. The molecule has 0 saturated carbocycles. The average molecular weight is 355 g/mol. The lowest BCUT2D eigenvalue weighted by atomic mass is 10.2. The topological polar surface area (TPSA) is 98.5 Å². The van der Waals surface area contributed by atoms with E-state index >= 15 is 0 Å². The Labute approximate surface area is 140 Å². The first-order valence-corrected chi connectivity index (χ1v) is 7.68. The van der Waals surface area contributed by atoms with Crippen LogP contribution in [0, 0.1) is 10.1 Å². The maximum atomic E-state index is 11.7. The molecular formula is C14H11ClN2O5S. The van der Waals surface area contributed by atoms with E-state index in [0.29, 0.717) is 0 Å². The lowest BCUT2D eigenvalue weighted by Crippen LogP contribution is -2.22. The minimum atomic E-state index is -0.672. The highest BCUT2D eigenvalue weighted by Crippen LogP contribution is 2.27. The zero-order chi connectivity index (χ0) is 16.8. The highest BCUT2D eigenvalue weighted by Gasteiger charge is 2.17. The van der Waals surface area contributed by atoms with Crippen molar-refractivity contribution in [3.8, 4) is 0 Å². The zero-order valence-electron chi connectivity index (χ0n) is 11.7. The molecule has 1 aromatic carbocycles. The summed E-state index contributed by atoms with van der Waals surface area (Å²) in [6.07, 6.45) is 0.0673. The van der Waals surface area contributed by atoms with Crippen molar-refractivity contribution in [2.24, 2.45) is 0 Å². The number of anilines is 1. The van der Waals surface area contributed by atoms with Gasteiger partial charge < -0.3 is 10.1 Å². The number of hydrogen-bond donors (Lipinski definition) is 1. The van der Waals surface area contributed by atoms with E-state index in [-0.39, 0.29) is 22.8 Å². The monoisotopic (exact) mass is 354 g/mol. The van der Waals surface area contributed by atoms with Crippen LogP contribution in [0.1, 0.15) is 5.56 Å². The highest BCUT2D eigenvalue weighted by molar-refractivity contribution is 7.08. The number of nitrogens with zero attached hydrogens (tertiary/aromatic N) is 1. The van der Waals surface area contributed by atoms with Crippen molar-refractivity contribution in [1.82, 2.24) is 0 Å². The maximum absolute atomic E-state index is 11.7. The molecule has 0 aliphatic heterocycles. The van der Waals surface area contributed by atoms with Gasteiger partial charge in [-0.15, -0.1) is 0 Å². The van der Waals surface area contributed by atoms with Gasteiger partial charge in [0.1, 0.15) is 5.69 Å². The number of esters is 1. The van der Waals surface area contributed by atoms with Crippen molar-refractivity contribution in [3.05, 3.63) is 55.7 Å². The van der Waals surface area contributed by atoms with Crippen LogP contribution in [-0.2, 0) is 20.7 Å². The summed E-state index contributed by atoms with van der Waals surface area (Å²) >= 11 is 7.13. The molecule has 0 spiro atoms. The van der Waals surface area contributed by atoms with Crippen molar-refractivity contribution in [1.29, 1.82) is 0 Å². The predicted molar refractivity (Wildman–Crippen MR) is 85.7 cm³/mol. The maximum Gasteiger partial charge on any atom is 0.310 e. The van der Waals surface area contributed by atoms with E-state index in [1.165, 1.54) is 23.5 Å². The van der Waals surface area contributed by atoms with E-state index in [0.717, 1.165) is 11.6 Å². The van der Waals surface area contributed by atoms with Gasteiger partial charge in [-0.05, 0) is 34.5 Å². The summed E-state index contributed by atoms with van der Waals surface area (Å²) in [5, 5.41) is 17.0. The number of rotatable bonds is 6. The van der Waals surface area contributed by atoms with Gasteiger partial charge in [0.25, 0.3) is 11.6 Å².